The minimum Gasteiger partial charge on any atom is -0.377 e. The van der Waals surface area contributed by atoms with Gasteiger partial charge in [0.1, 0.15) is 6.04 Å². The van der Waals surface area contributed by atoms with E-state index in [0.29, 0.717) is 25.7 Å². The van der Waals surface area contributed by atoms with Gasteiger partial charge in [0.25, 0.3) is 0 Å². The predicted molar refractivity (Wildman–Crippen MR) is 75.1 cm³/mol. The van der Waals surface area contributed by atoms with E-state index in [-0.39, 0.29) is 23.8 Å². The van der Waals surface area contributed by atoms with Crippen LogP contribution in [0.25, 0.3) is 0 Å². The molecule has 0 spiro atoms. The van der Waals surface area contributed by atoms with E-state index >= 15 is 0 Å². The summed E-state index contributed by atoms with van der Waals surface area (Å²) in [7, 11) is 0. The lowest BCUT2D eigenvalue weighted by molar-refractivity contribution is -0.153. The number of carbonyl (C=O) groups excluding carboxylic acids is 2. The van der Waals surface area contributed by atoms with Crippen molar-refractivity contribution in [2.75, 3.05) is 32.8 Å². The van der Waals surface area contributed by atoms with Crippen molar-refractivity contribution in [1.29, 1.82) is 0 Å². The van der Waals surface area contributed by atoms with Crippen molar-refractivity contribution in [3.8, 4) is 0 Å². The highest BCUT2D eigenvalue weighted by atomic mass is 16.5. The molecule has 2 fully saturated rings. The fourth-order valence-electron chi connectivity index (χ4n) is 2.59. The number of carbonyl (C=O) groups is 2. The minimum absolute atomic E-state index is 0.0382. The third kappa shape index (κ3) is 3.30. The first-order valence-electron chi connectivity index (χ1n) is 7.40. The van der Waals surface area contributed by atoms with Crippen molar-refractivity contribution in [3.05, 3.63) is 0 Å². The van der Waals surface area contributed by atoms with E-state index in [0.717, 1.165) is 13.1 Å². The van der Waals surface area contributed by atoms with Crippen molar-refractivity contribution in [1.82, 2.24) is 15.5 Å². The Morgan fingerprint density at radius 2 is 2.00 bits per heavy atom. The van der Waals surface area contributed by atoms with Crippen molar-refractivity contribution in [2.45, 2.75) is 32.9 Å². The largest absolute Gasteiger partial charge is 0.377 e. The Kier molecular flexibility index (Phi) is 4.99. The van der Waals surface area contributed by atoms with Crippen LogP contribution in [0.2, 0.25) is 0 Å². The Labute approximate surface area is 120 Å². The van der Waals surface area contributed by atoms with Gasteiger partial charge in [0.2, 0.25) is 11.8 Å². The van der Waals surface area contributed by atoms with Crippen LogP contribution in [0.15, 0.2) is 0 Å². The summed E-state index contributed by atoms with van der Waals surface area (Å²) in [5, 5.41) is 6.05. The summed E-state index contributed by atoms with van der Waals surface area (Å²) in [5.74, 6) is 0.304. The summed E-state index contributed by atoms with van der Waals surface area (Å²) in [5.41, 5.74) is 0. The summed E-state index contributed by atoms with van der Waals surface area (Å²) in [6.45, 7) is 8.86. The molecule has 2 rings (SSSR count). The Bertz CT molecular complexity index is 369. The van der Waals surface area contributed by atoms with Crippen LogP contribution in [-0.4, -0.2) is 61.6 Å². The summed E-state index contributed by atoms with van der Waals surface area (Å²) < 4.78 is 5.38. The number of amides is 2. The van der Waals surface area contributed by atoms with Crippen LogP contribution in [0.1, 0.15) is 20.8 Å². The Hall–Kier alpha value is -1.14. The predicted octanol–water partition coefficient (Wildman–Crippen LogP) is -0.406. The smallest absolute Gasteiger partial charge is 0.245 e. The molecule has 6 nitrogen and oxygen atoms in total. The lowest BCUT2D eigenvalue weighted by atomic mass is 9.87. The van der Waals surface area contributed by atoms with E-state index < -0.39 is 6.04 Å². The first-order chi connectivity index (χ1) is 9.50. The molecule has 2 aliphatic rings. The Morgan fingerprint density at radius 1 is 1.30 bits per heavy atom. The SMILES string of the molecule is CC(C)NC(=O)C1COCCN1C(=O)C(C)C1CNC1. The molecule has 0 aromatic heterocycles. The zero-order valence-electron chi connectivity index (χ0n) is 12.5. The molecular formula is C14H25N3O3. The van der Waals surface area contributed by atoms with Crippen LogP contribution in [0.4, 0.5) is 0 Å². The number of hydrogen-bond acceptors (Lipinski definition) is 4. The maximum Gasteiger partial charge on any atom is 0.245 e. The van der Waals surface area contributed by atoms with Crippen LogP contribution in [0.3, 0.4) is 0 Å². The average Bonchev–Trinajstić information content (AvgIpc) is 2.35. The zero-order chi connectivity index (χ0) is 14.7. The van der Waals surface area contributed by atoms with E-state index in [1.165, 1.54) is 0 Å². The number of nitrogens with zero attached hydrogens (tertiary/aromatic N) is 1. The lowest BCUT2D eigenvalue weighted by Gasteiger charge is -2.39. The van der Waals surface area contributed by atoms with Crippen molar-refractivity contribution < 1.29 is 14.3 Å². The third-order valence-electron chi connectivity index (χ3n) is 4.05. The second kappa shape index (κ2) is 6.54. The Morgan fingerprint density at radius 3 is 2.55 bits per heavy atom. The molecule has 20 heavy (non-hydrogen) atoms. The van der Waals surface area contributed by atoms with Crippen molar-refractivity contribution in [3.63, 3.8) is 0 Å². The van der Waals surface area contributed by atoms with Crippen molar-refractivity contribution >= 4 is 11.8 Å². The number of rotatable bonds is 4. The summed E-state index contributed by atoms with van der Waals surface area (Å²) in [4.78, 5) is 26.5. The minimum atomic E-state index is -0.492. The standard InChI is InChI=1S/C14H25N3O3/c1-9(2)16-13(18)12-8-20-5-4-17(12)14(19)10(3)11-6-15-7-11/h9-12,15H,4-8H2,1-3H3,(H,16,18). The fraction of sp³-hybridized carbons (Fsp3) is 0.857. The molecule has 2 saturated heterocycles. The Balaban J connectivity index is 2.01. The topological polar surface area (TPSA) is 70.7 Å². The van der Waals surface area contributed by atoms with Crippen LogP contribution >= 0.6 is 0 Å². The molecule has 0 aromatic rings. The van der Waals surface area contributed by atoms with E-state index in [1.54, 1.807) is 4.90 Å². The summed E-state index contributed by atoms with van der Waals surface area (Å²) >= 11 is 0. The summed E-state index contributed by atoms with van der Waals surface area (Å²) in [6.07, 6.45) is 0. The number of hydrogen-bond donors (Lipinski definition) is 2. The van der Waals surface area contributed by atoms with Crippen LogP contribution in [0.5, 0.6) is 0 Å². The van der Waals surface area contributed by atoms with Gasteiger partial charge < -0.3 is 20.3 Å². The van der Waals surface area contributed by atoms with Gasteiger partial charge >= 0.3 is 0 Å². The second-order valence-corrected chi connectivity index (χ2v) is 5.99. The first-order valence-corrected chi connectivity index (χ1v) is 7.40. The molecule has 0 aliphatic carbocycles. The van der Waals surface area contributed by atoms with Crippen LogP contribution in [0, 0.1) is 11.8 Å². The molecule has 0 saturated carbocycles. The van der Waals surface area contributed by atoms with E-state index in [1.807, 2.05) is 20.8 Å². The van der Waals surface area contributed by atoms with Gasteiger partial charge in [0.15, 0.2) is 0 Å². The molecule has 0 aromatic carbocycles. The average molecular weight is 283 g/mol. The highest BCUT2D eigenvalue weighted by molar-refractivity contribution is 5.89. The number of ether oxygens (including phenoxy) is 1. The number of nitrogens with one attached hydrogen (secondary N) is 2. The maximum atomic E-state index is 12.6. The molecule has 2 atom stereocenters. The highest BCUT2D eigenvalue weighted by Gasteiger charge is 2.38. The maximum absolute atomic E-state index is 12.6. The monoisotopic (exact) mass is 283 g/mol. The normalized spacial score (nSPS) is 25.2. The lowest BCUT2D eigenvalue weighted by Crippen LogP contribution is -2.59. The number of morpholine rings is 1. The fourth-order valence-corrected chi connectivity index (χ4v) is 2.59. The van der Waals surface area contributed by atoms with Gasteiger partial charge in [0, 0.05) is 18.5 Å². The molecule has 6 heteroatoms. The molecule has 2 amide bonds. The molecule has 0 radical (unpaired) electrons. The van der Waals surface area contributed by atoms with Gasteiger partial charge in [0.05, 0.1) is 13.2 Å². The van der Waals surface area contributed by atoms with Gasteiger partial charge in [-0.3, -0.25) is 9.59 Å². The molecule has 114 valence electrons. The third-order valence-corrected chi connectivity index (χ3v) is 4.05. The molecule has 2 N–H and O–H groups in total. The molecule has 0 bridgehead atoms. The molecular weight excluding hydrogens is 258 g/mol. The van der Waals surface area contributed by atoms with Gasteiger partial charge in [-0.15, -0.1) is 0 Å². The van der Waals surface area contributed by atoms with Crippen molar-refractivity contribution in [2.24, 2.45) is 11.8 Å². The van der Waals surface area contributed by atoms with Gasteiger partial charge in [-0.25, -0.2) is 0 Å². The second-order valence-electron chi connectivity index (χ2n) is 5.99. The summed E-state index contributed by atoms with van der Waals surface area (Å²) in [6, 6.07) is -0.427. The molecule has 2 aliphatic heterocycles. The first kappa shape index (κ1) is 15.3. The van der Waals surface area contributed by atoms with E-state index in [4.69, 9.17) is 4.74 Å². The molecule has 2 heterocycles. The van der Waals surface area contributed by atoms with E-state index in [2.05, 4.69) is 10.6 Å². The highest BCUT2D eigenvalue weighted by Crippen LogP contribution is 2.21. The van der Waals surface area contributed by atoms with E-state index in [9.17, 15) is 9.59 Å². The zero-order valence-corrected chi connectivity index (χ0v) is 12.5. The van der Waals surface area contributed by atoms with Crippen LogP contribution < -0.4 is 10.6 Å². The van der Waals surface area contributed by atoms with Crippen LogP contribution in [-0.2, 0) is 14.3 Å². The molecule has 2 unspecified atom stereocenters. The van der Waals surface area contributed by atoms with Gasteiger partial charge in [-0.2, -0.15) is 0 Å². The van der Waals surface area contributed by atoms with Gasteiger partial charge in [-0.05, 0) is 32.9 Å². The van der Waals surface area contributed by atoms with Gasteiger partial charge in [-0.1, -0.05) is 6.92 Å². The quantitative estimate of drug-likeness (QED) is 0.736.